The van der Waals surface area contributed by atoms with E-state index in [1.165, 1.54) is 0 Å². The summed E-state index contributed by atoms with van der Waals surface area (Å²) >= 11 is 0. The van der Waals surface area contributed by atoms with Crippen molar-refractivity contribution in [2.45, 2.75) is 19.9 Å². The van der Waals surface area contributed by atoms with Crippen LogP contribution >= 0.6 is 0 Å². The fraction of sp³-hybridized carbons (Fsp3) is 0.714. The minimum absolute atomic E-state index is 0.0606. The summed E-state index contributed by atoms with van der Waals surface area (Å²) in [6.45, 7) is 3.88. The third kappa shape index (κ3) is 5.15. The molecule has 76 valence electrons. The van der Waals surface area contributed by atoms with Crippen molar-refractivity contribution in [2.24, 2.45) is 11.6 Å². The van der Waals surface area contributed by atoms with Gasteiger partial charge in [-0.25, -0.2) is 5.84 Å². The van der Waals surface area contributed by atoms with Crippen molar-refractivity contribution in [3.63, 3.8) is 0 Å². The third-order valence-corrected chi connectivity index (χ3v) is 1.60. The molecule has 0 saturated heterocycles. The smallest absolute Gasteiger partial charge is 0.248 e. The Morgan fingerprint density at radius 3 is 2.23 bits per heavy atom. The van der Waals surface area contributed by atoms with Gasteiger partial charge in [-0.3, -0.25) is 19.9 Å². The molecule has 0 aliphatic carbocycles. The normalized spacial score (nSPS) is 10.5. The quantitative estimate of drug-likeness (QED) is 0.268. The number of hydrogen-bond acceptors (Lipinski definition) is 4. The zero-order chi connectivity index (χ0) is 10.4. The number of hydrogen-bond donors (Lipinski definition) is 3. The molecule has 0 unspecified atom stereocenters. The Kier molecular flexibility index (Phi) is 5.01. The van der Waals surface area contributed by atoms with Crippen LogP contribution in [0.4, 0.5) is 0 Å². The van der Waals surface area contributed by atoms with Crippen molar-refractivity contribution in [2.75, 3.05) is 13.1 Å². The Morgan fingerprint density at radius 2 is 1.92 bits per heavy atom. The van der Waals surface area contributed by atoms with Gasteiger partial charge in [-0.1, -0.05) is 0 Å². The van der Waals surface area contributed by atoms with Gasteiger partial charge in [0.2, 0.25) is 11.8 Å². The van der Waals surface area contributed by atoms with Crippen molar-refractivity contribution in [3.05, 3.63) is 0 Å². The first-order valence-electron chi connectivity index (χ1n) is 3.99. The number of rotatable bonds is 5. The molecule has 0 aromatic rings. The van der Waals surface area contributed by atoms with E-state index < -0.39 is 5.91 Å². The molecule has 0 aliphatic heterocycles. The van der Waals surface area contributed by atoms with E-state index in [9.17, 15) is 9.59 Å². The fourth-order valence-corrected chi connectivity index (χ4v) is 0.851. The maximum Gasteiger partial charge on any atom is 0.248 e. The second-order valence-electron chi connectivity index (χ2n) is 3.03. The average molecular weight is 188 g/mol. The Bertz CT molecular complexity index is 193. The molecule has 13 heavy (non-hydrogen) atoms. The summed E-state index contributed by atoms with van der Waals surface area (Å²) in [5.74, 6) is 4.11. The molecule has 0 aliphatic rings. The monoisotopic (exact) mass is 188 g/mol. The molecule has 2 amide bonds. The van der Waals surface area contributed by atoms with Crippen LogP contribution in [-0.4, -0.2) is 35.8 Å². The molecule has 0 spiro atoms. The molecule has 0 heterocycles. The molecule has 5 N–H and O–H groups in total. The van der Waals surface area contributed by atoms with Crippen molar-refractivity contribution in [1.29, 1.82) is 0 Å². The van der Waals surface area contributed by atoms with Crippen molar-refractivity contribution >= 4 is 11.8 Å². The van der Waals surface area contributed by atoms with Gasteiger partial charge in [-0.15, -0.1) is 0 Å². The molecular formula is C7H16N4O2. The number of carbonyl (C=O) groups excluding carboxylic acids is 2. The lowest BCUT2D eigenvalue weighted by molar-refractivity contribution is -0.124. The van der Waals surface area contributed by atoms with E-state index in [2.05, 4.69) is 0 Å². The van der Waals surface area contributed by atoms with Crippen LogP contribution in [0, 0.1) is 0 Å². The zero-order valence-electron chi connectivity index (χ0n) is 7.91. The summed E-state index contributed by atoms with van der Waals surface area (Å²) in [5, 5.41) is 0. The second-order valence-corrected chi connectivity index (χ2v) is 3.03. The minimum Gasteiger partial charge on any atom is -0.369 e. The summed E-state index contributed by atoms with van der Waals surface area (Å²) < 4.78 is 0. The summed E-state index contributed by atoms with van der Waals surface area (Å²) in [6.07, 6.45) is 0. The number of nitrogens with two attached hydrogens (primary N) is 2. The van der Waals surface area contributed by atoms with E-state index >= 15 is 0 Å². The molecule has 0 fully saturated rings. The molecule has 0 aromatic heterocycles. The average Bonchev–Trinajstić information content (AvgIpc) is 2.02. The first-order valence-corrected chi connectivity index (χ1v) is 3.99. The number of hydrazine groups is 1. The van der Waals surface area contributed by atoms with E-state index in [0.717, 1.165) is 0 Å². The standard InChI is InChI=1S/C7H16N4O2/c1-5(2)11(3-6(8)12)4-7(13)10-9/h5H,3-4,9H2,1-2H3,(H2,8,12)(H,10,13). The van der Waals surface area contributed by atoms with E-state index in [1.54, 1.807) is 4.90 Å². The molecule has 0 saturated carbocycles. The van der Waals surface area contributed by atoms with E-state index in [1.807, 2.05) is 19.3 Å². The van der Waals surface area contributed by atoms with Crippen LogP contribution in [0.3, 0.4) is 0 Å². The molecule has 6 heteroatoms. The van der Waals surface area contributed by atoms with Crippen LogP contribution in [0.5, 0.6) is 0 Å². The lowest BCUT2D eigenvalue weighted by Crippen LogP contribution is -2.46. The maximum atomic E-state index is 10.9. The van der Waals surface area contributed by atoms with Gasteiger partial charge in [0, 0.05) is 6.04 Å². The topological polar surface area (TPSA) is 101 Å². The van der Waals surface area contributed by atoms with Crippen LogP contribution in [0.2, 0.25) is 0 Å². The van der Waals surface area contributed by atoms with Crippen LogP contribution in [0.1, 0.15) is 13.8 Å². The van der Waals surface area contributed by atoms with E-state index in [4.69, 9.17) is 11.6 Å². The Labute approximate surface area is 77.2 Å². The van der Waals surface area contributed by atoms with Gasteiger partial charge in [0.15, 0.2) is 0 Å². The molecule has 0 aromatic carbocycles. The first kappa shape index (κ1) is 11.9. The van der Waals surface area contributed by atoms with E-state index in [0.29, 0.717) is 0 Å². The highest BCUT2D eigenvalue weighted by Crippen LogP contribution is 1.95. The van der Waals surface area contributed by atoms with Gasteiger partial charge in [-0.05, 0) is 13.8 Å². The lowest BCUT2D eigenvalue weighted by Gasteiger charge is -2.23. The predicted octanol–water partition coefficient (Wildman–Crippen LogP) is -1.83. The number of nitrogens with zero attached hydrogens (tertiary/aromatic N) is 1. The van der Waals surface area contributed by atoms with Crippen LogP contribution in [0.15, 0.2) is 0 Å². The molecule has 0 bridgehead atoms. The Balaban J connectivity index is 4.09. The first-order chi connectivity index (χ1) is 5.97. The molecule has 6 nitrogen and oxygen atoms in total. The van der Waals surface area contributed by atoms with Gasteiger partial charge in [0.1, 0.15) is 0 Å². The maximum absolute atomic E-state index is 10.9. The minimum atomic E-state index is -0.460. The number of nitrogens with one attached hydrogen (secondary N) is 1. The lowest BCUT2D eigenvalue weighted by atomic mass is 10.3. The van der Waals surface area contributed by atoms with Crippen molar-refractivity contribution < 1.29 is 9.59 Å². The Morgan fingerprint density at radius 1 is 1.38 bits per heavy atom. The fourth-order valence-electron chi connectivity index (χ4n) is 0.851. The van der Waals surface area contributed by atoms with Crippen LogP contribution < -0.4 is 17.0 Å². The highest BCUT2D eigenvalue weighted by Gasteiger charge is 2.14. The van der Waals surface area contributed by atoms with Crippen molar-refractivity contribution in [3.8, 4) is 0 Å². The summed E-state index contributed by atoms with van der Waals surface area (Å²) in [7, 11) is 0. The van der Waals surface area contributed by atoms with Crippen molar-refractivity contribution in [1.82, 2.24) is 10.3 Å². The highest BCUT2D eigenvalue weighted by atomic mass is 16.2. The van der Waals surface area contributed by atoms with Gasteiger partial charge in [0.05, 0.1) is 13.1 Å². The summed E-state index contributed by atoms with van der Waals surface area (Å²) in [6, 6.07) is 0.0739. The SMILES string of the molecule is CC(C)N(CC(N)=O)CC(=O)NN. The van der Waals surface area contributed by atoms with Gasteiger partial charge in [-0.2, -0.15) is 0 Å². The Hall–Kier alpha value is -1.14. The zero-order valence-corrected chi connectivity index (χ0v) is 7.91. The molecule has 0 radical (unpaired) electrons. The molecule has 0 atom stereocenters. The summed E-state index contributed by atoms with van der Waals surface area (Å²) in [4.78, 5) is 23.1. The van der Waals surface area contributed by atoms with Crippen LogP contribution in [-0.2, 0) is 9.59 Å². The van der Waals surface area contributed by atoms with Gasteiger partial charge < -0.3 is 5.73 Å². The molecular weight excluding hydrogens is 172 g/mol. The van der Waals surface area contributed by atoms with Crippen LogP contribution in [0.25, 0.3) is 0 Å². The highest BCUT2D eigenvalue weighted by molar-refractivity contribution is 5.79. The second kappa shape index (κ2) is 5.50. The van der Waals surface area contributed by atoms with Gasteiger partial charge >= 0.3 is 0 Å². The predicted molar refractivity (Wildman–Crippen MR) is 48.2 cm³/mol. The van der Waals surface area contributed by atoms with E-state index in [-0.39, 0.29) is 25.0 Å². The van der Waals surface area contributed by atoms with Gasteiger partial charge in [0.25, 0.3) is 0 Å². The number of carbonyl (C=O) groups is 2. The third-order valence-electron chi connectivity index (χ3n) is 1.60. The largest absolute Gasteiger partial charge is 0.369 e. The summed E-state index contributed by atoms with van der Waals surface area (Å²) in [5.41, 5.74) is 7.00. The number of amides is 2. The number of primary amides is 1. The molecule has 0 rings (SSSR count).